The molecule has 3 N–H and O–H groups in total. The summed E-state index contributed by atoms with van der Waals surface area (Å²) in [5.41, 5.74) is 5.03. The minimum absolute atomic E-state index is 0.116. The minimum Gasteiger partial charge on any atom is -0.383 e. The summed E-state index contributed by atoms with van der Waals surface area (Å²) in [6.45, 7) is 0. The van der Waals surface area contributed by atoms with Gasteiger partial charge in [-0.15, -0.1) is 0 Å². The van der Waals surface area contributed by atoms with Crippen molar-refractivity contribution in [2.45, 2.75) is 44.6 Å². The number of carbonyl (C=O) groups excluding carboxylic acids is 1. The molecule has 3 nitrogen and oxygen atoms in total. The SMILES string of the molecule is NC(=O)C(O)C1CCCCCC1. The lowest BCUT2D eigenvalue weighted by atomic mass is 9.94. The predicted molar refractivity (Wildman–Crippen MR) is 46.4 cm³/mol. The molecular weight excluding hydrogens is 154 g/mol. The number of aliphatic hydroxyl groups excluding tert-OH is 1. The molecule has 0 radical (unpaired) electrons. The summed E-state index contributed by atoms with van der Waals surface area (Å²) in [5.74, 6) is -0.452. The topological polar surface area (TPSA) is 63.3 Å². The van der Waals surface area contributed by atoms with Gasteiger partial charge in [-0.05, 0) is 18.8 Å². The third kappa shape index (κ3) is 2.48. The first-order valence-electron chi connectivity index (χ1n) is 4.69. The van der Waals surface area contributed by atoms with Gasteiger partial charge in [-0.3, -0.25) is 4.79 Å². The summed E-state index contributed by atoms with van der Waals surface area (Å²) < 4.78 is 0. The number of rotatable bonds is 2. The summed E-state index contributed by atoms with van der Waals surface area (Å²) in [4.78, 5) is 10.7. The van der Waals surface area contributed by atoms with Crippen LogP contribution in [0.3, 0.4) is 0 Å². The van der Waals surface area contributed by atoms with Crippen molar-refractivity contribution in [1.82, 2.24) is 0 Å². The third-order valence-corrected chi connectivity index (χ3v) is 2.64. The molecule has 1 amide bonds. The van der Waals surface area contributed by atoms with E-state index in [0.29, 0.717) is 0 Å². The van der Waals surface area contributed by atoms with Crippen LogP contribution in [-0.4, -0.2) is 17.1 Å². The lowest BCUT2D eigenvalue weighted by molar-refractivity contribution is -0.128. The van der Waals surface area contributed by atoms with E-state index in [0.717, 1.165) is 25.7 Å². The molecule has 0 saturated heterocycles. The molecule has 70 valence electrons. The fraction of sp³-hybridized carbons (Fsp3) is 0.889. The molecule has 3 heteroatoms. The van der Waals surface area contributed by atoms with Gasteiger partial charge in [-0.1, -0.05) is 25.7 Å². The Morgan fingerprint density at radius 3 is 2.17 bits per heavy atom. The normalized spacial score (nSPS) is 23.1. The number of carbonyl (C=O) groups is 1. The molecule has 1 aliphatic rings. The smallest absolute Gasteiger partial charge is 0.246 e. The van der Waals surface area contributed by atoms with Crippen LogP contribution in [0.5, 0.6) is 0 Å². The van der Waals surface area contributed by atoms with Crippen molar-refractivity contribution in [1.29, 1.82) is 0 Å². The van der Waals surface area contributed by atoms with Crippen molar-refractivity contribution >= 4 is 5.91 Å². The van der Waals surface area contributed by atoms with Gasteiger partial charge in [-0.25, -0.2) is 0 Å². The van der Waals surface area contributed by atoms with Crippen molar-refractivity contribution < 1.29 is 9.90 Å². The molecular formula is C9H17NO2. The third-order valence-electron chi connectivity index (χ3n) is 2.64. The largest absolute Gasteiger partial charge is 0.383 e. The highest BCUT2D eigenvalue weighted by Gasteiger charge is 2.24. The maximum atomic E-state index is 10.7. The summed E-state index contributed by atoms with van der Waals surface area (Å²) in [5, 5.41) is 9.40. The zero-order valence-electron chi connectivity index (χ0n) is 7.33. The van der Waals surface area contributed by atoms with Crippen LogP contribution in [-0.2, 0) is 4.79 Å². The molecule has 0 bridgehead atoms. The van der Waals surface area contributed by atoms with Crippen LogP contribution in [0.25, 0.3) is 0 Å². The monoisotopic (exact) mass is 171 g/mol. The molecule has 0 aliphatic heterocycles. The number of amides is 1. The van der Waals surface area contributed by atoms with Gasteiger partial charge in [0.1, 0.15) is 6.10 Å². The Labute approximate surface area is 72.9 Å². The Morgan fingerprint density at radius 1 is 1.25 bits per heavy atom. The molecule has 0 heterocycles. The first-order chi connectivity index (χ1) is 5.72. The number of nitrogens with two attached hydrogens (primary N) is 1. The second-order valence-corrected chi connectivity index (χ2v) is 3.60. The number of hydrogen-bond donors (Lipinski definition) is 2. The average molecular weight is 171 g/mol. The van der Waals surface area contributed by atoms with Gasteiger partial charge in [0.25, 0.3) is 0 Å². The Kier molecular flexibility index (Phi) is 3.53. The van der Waals surface area contributed by atoms with Crippen LogP contribution in [0.15, 0.2) is 0 Å². The second-order valence-electron chi connectivity index (χ2n) is 3.60. The van der Waals surface area contributed by atoms with E-state index in [1.165, 1.54) is 12.8 Å². The first-order valence-corrected chi connectivity index (χ1v) is 4.69. The fourth-order valence-electron chi connectivity index (χ4n) is 1.86. The van der Waals surface area contributed by atoms with E-state index in [4.69, 9.17) is 5.73 Å². The minimum atomic E-state index is -0.914. The molecule has 1 atom stereocenters. The molecule has 1 aliphatic carbocycles. The van der Waals surface area contributed by atoms with E-state index in [2.05, 4.69) is 0 Å². The summed E-state index contributed by atoms with van der Waals surface area (Å²) in [7, 11) is 0. The predicted octanol–water partition coefficient (Wildman–Crippen LogP) is 0.803. The van der Waals surface area contributed by atoms with Gasteiger partial charge in [0.05, 0.1) is 0 Å². The van der Waals surface area contributed by atoms with Crippen LogP contribution >= 0.6 is 0 Å². The van der Waals surface area contributed by atoms with E-state index in [1.54, 1.807) is 0 Å². The van der Waals surface area contributed by atoms with Crippen LogP contribution in [0, 0.1) is 5.92 Å². The van der Waals surface area contributed by atoms with Crippen molar-refractivity contribution in [3.05, 3.63) is 0 Å². The Morgan fingerprint density at radius 2 is 1.75 bits per heavy atom. The molecule has 0 aromatic carbocycles. The van der Waals surface area contributed by atoms with E-state index >= 15 is 0 Å². The zero-order chi connectivity index (χ0) is 8.97. The van der Waals surface area contributed by atoms with E-state index in [9.17, 15) is 9.90 Å². The fourth-order valence-corrected chi connectivity index (χ4v) is 1.86. The van der Waals surface area contributed by atoms with Gasteiger partial charge >= 0.3 is 0 Å². The first kappa shape index (κ1) is 9.52. The van der Waals surface area contributed by atoms with E-state index < -0.39 is 12.0 Å². The molecule has 1 saturated carbocycles. The summed E-state index contributed by atoms with van der Waals surface area (Å²) >= 11 is 0. The van der Waals surface area contributed by atoms with Gasteiger partial charge in [0.15, 0.2) is 0 Å². The molecule has 0 aromatic heterocycles. The molecule has 1 fully saturated rings. The average Bonchev–Trinajstić information content (AvgIpc) is 2.30. The van der Waals surface area contributed by atoms with Gasteiger partial charge in [-0.2, -0.15) is 0 Å². The Balaban J connectivity index is 2.42. The lowest BCUT2D eigenvalue weighted by Crippen LogP contribution is -2.34. The number of hydrogen-bond acceptors (Lipinski definition) is 2. The Bertz CT molecular complexity index is 151. The molecule has 0 spiro atoms. The van der Waals surface area contributed by atoms with E-state index in [-0.39, 0.29) is 5.92 Å². The maximum absolute atomic E-state index is 10.7. The highest BCUT2D eigenvalue weighted by molar-refractivity contribution is 5.78. The van der Waals surface area contributed by atoms with Crippen molar-refractivity contribution in [3.8, 4) is 0 Å². The van der Waals surface area contributed by atoms with E-state index in [1.807, 2.05) is 0 Å². The summed E-state index contributed by atoms with van der Waals surface area (Å²) in [6, 6.07) is 0. The van der Waals surface area contributed by atoms with Crippen LogP contribution in [0.4, 0.5) is 0 Å². The molecule has 1 unspecified atom stereocenters. The van der Waals surface area contributed by atoms with Gasteiger partial charge in [0.2, 0.25) is 5.91 Å². The highest BCUT2D eigenvalue weighted by Crippen LogP contribution is 2.25. The quantitative estimate of drug-likeness (QED) is 0.604. The molecule has 12 heavy (non-hydrogen) atoms. The van der Waals surface area contributed by atoms with Crippen molar-refractivity contribution in [3.63, 3.8) is 0 Å². The summed E-state index contributed by atoms with van der Waals surface area (Å²) in [6.07, 6.45) is 5.67. The van der Waals surface area contributed by atoms with Crippen molar-refractivity contribution in [2.75, 3.05) is 0 Å². The highest BCUT2D eigenvalue weighted by atomic mass is 16.3. The maximum Gasteiger partial charge on any atom is 0.246 e. The van der Waals surface area contributed by atoms with Gasteiger partial charge < -0.3 is 10.8 Å². The van der Waals surface area contributed by atoms with Crippen LogP contribution < -0.4 is 5.73 Å². The van der Waals surface area contributed by atoms with Crippen LogP contribution in [0.2, 0.25) is 0 Å². The number of primary amides is 1. The second kappa shape index (κ2) is 4.45. The Hall–Kier alpha value is -0.570. The van der Waals surface area contributed by atoms with Crippen molar-refractivity contribution in [2.24, 2.45) is 11.7 Å². The van der Waals surface area contributed by atoms with Crippen LogP contribution in [0.1, 0.15) is 38.5 Å². The lowest BCUT2D eigenvalue weighted by Gasteiger charge is -2.17. The molecule has 0 aromatic rings. The number of aliphatic hydroxyl groups is 1. The molecule has 1 rings (SSSR count). The standard InChI is InChI=1S/C9H17NO2/c10-9(12)8(11)7-5-3-1-2-4-6-7/h7-8,11H,1-6H2,(H2,10,12). The van der Waals surface area contributed by atoms with Gasteiger partial charge in [0, 0.05) is 0 Å². The zero-order valence-corrected chi connectivity index (χ0v) is 7.33.